The summed E-state index contributed by atoms with van der Waals surface area (Å²) in [6.45, 7) is 5.98. The third-order valence-electron chi connectivity index (χ3n) is 4.63. The first kappa shape index (κ1) is 17.5. The molecular formula is C19H27N5O. The molecule has 134 valence electrons. The number of rotatable bonds is 8. The number of anilines is 1. The average Bonchev–Trinajstić information content (AvgIpc) is 3.31. The van der Waals surface area contributed by atoms with Gasteiger partial charge < -0.3 is 15.5 Å². The Morgan fingerprint density at radius 2 is 2.16 bits per heavy atom. The van der Waals surface area contributed by atoms with Crippen molar-refractivity contribution in [3.05, 3.63) is 48.8 Å². The molecule has 1 aliphatic heterocycles. The van der Waals surface area contributed by atoms with Gasteiger partial charge in [-0.25, -0.2) is 0 Å². The third kappa shape index (κ3) is 5.32. The van der Waals surface area contributed by atoms with Gasteiger partial charge in [-0.2, -0.15) is 5.10 Å². The Morgan fingerprint density at radius 1 is 1.32 bits per heavy atom. The number of carbonyl (C=O) groups excluding carboxylic acids is 1. The second-order valence-corrected chi connectivity index (χ2v) is 6.75. The molecule has 2 heterocycles. The summed E-state index contributed by atoms with van der Waals surface area (Å²) in [4.78, 5) is 14.4. The van der Waals surface area contributed by atoms with Crippen molar-refractivity contribution in [2.24, 2.45) is 5.92 Å². The number of carbonyl (C=O) groups is 1. The van der Waals surface area contributed by atoms with Crippen LogP contribution in [0.25, 0.3) is 0 Å². The van der Waals surface area contributed by atoms with E-state index >= 15 is 0 Å². The van der Waals surface area contributed by atoms with Crippen molar-refractivity contribution in [3.8, 4) is 0 Å². The topological polar surface area (TPSA) is 62.2 Å². The van der Waals surface area contributed by atoms with Gasteiger partial charge in [0.2, 0.25) is 5.91 Å². The lowest BCUT2D eigenvalue weighted by Gasteiger charge is -2.19. The minimum absolute atomic E-state index is 0.0606. The van der Waals surface area contributed by atoms with Gasteiger partial charge in [-0.05, 0) is 37.5 Å². The Bertz CT molecular complexity index is 643. The van der Waals surface area contributed by atoms with Gasteiger partial charge in [0.25, 0.3) is 0 Å². The van der Waals surface area contributed by atoms with Crippen molar-refractivity contribution in [1.29, 1.82) is 0 Å². The highest BCUT2D eigenvalue weighted by Gasteiger charge is 2.22. The minimum Gasteiger partial charge on any atom is -0.371 e. The number of hydrogen-bond donors (Lipinski definition) is 2. The van der Waals surface area contributed by atoms with E-state index in [0.717, 1.165) is 32.6 Å². The zero-order chi connectivity index (χ0) is 17.5. The highest BCUT2D eigenvalue weighted by atomic mass is 16.1. The molecule has 1 aromatic heterocycles. The van der Waals surface area contributed by atoms with Crippen LogP contribution in [0.3, 0.4) is 0 Å². The maximum Gasteiger partial charge on any atom is 0.233 e. The molecule has 0 bridgehead atoms. The largest absolute Gasteiger partial charge is 0.371 e. The fourth-order valence-corrected chi connectivity index (χ4v) is 3.21. The summed E-state index contributed by atoms with van der Waals surface area (Å²) in [7, 11) is 0. The van der Waals surface area contributed by atoms with Gasteiger partial charge in [-0.3, -0.25) is 9.48 Å². The number of nitrogens with one attached hydrogen (secondary N) is 2. The van der Waals surface area contributed by atoms with Crippen molar-refractivity contribution < 1.29 is 4.79 Å². The first-order valence-corrected chi connectivity index (χ1v) is 8.98. The van der Waals surface area contributed by atoms with E-state index in [4.69, 9.17) is 0 Å². The number of nitrogens with zero attached hydrogens (tertiary/aromatic N) is 3. The Kier molecular flexibility index (Phi) is 6.06. The van der Waals surface area contributed by atoms with Crippen LogP contribution >= 0.6 is 0 Å². The smallest absolute Gasteiger partial charge is 0.233 e. The van der Waals surface area contributed by atoms with E-state index in [1.54, 1.807) is 6.20 Å². The molecule has 0 spiro atoms. The Labute approximate surface area is 149 Å². The van der Waals surface area contributed by atoms with E-state index in [2.05, 4.69) is 51.8 Å². The molecule has 1 aliphatic rings. The van der Waals surface area contributed by atoms with Crippen LogP contribution in [0.4, 0.5) is 5.69 Å². The van der Waals surface area contributed by atoms with Crippen LogP contribution in [-0.2, 0) is 11.3 Å². The van der Waals surface area contributed by atoms with E-state index in [9.17, 15) is 4.79 Å². The van der Waals surface area contributed by atoms with Crippen LogP contribution < -0.4 is 15.5 Å². The molecule has 25 heavy (non-hydrogen) atoms. The molecule has 6 heteroatoms. The van der Waals surface area contributed by atoms with Crippen LogP contribution in [0.2, 0.25) is 0 Å². The van der Waals surface area contributed by atoms with Crippen LogP contribution in [0, 0.1) is 5.92 Å². The first-order valence-electron chi connectivity index (χ1n) is 8.98. The number of benzene rings is 1. The van der Waals surface area contributed by atoms with Gasteiger partial charge in [-0.15, -0.1) is 0 Å². The lowest BCUT2D eigenvalue weighted by molar-refractivity contribution is -0.120. The van der Waals surface area contributed by atoms with Gasteiger partial charge in [0.15, 0.2) is 0 Å². The minimum atomic E-state index is 0.0606. The monoisotopic (exact) mass is 341 g/mol. The molecule has 6 nitrogen and oxygen atoms in total. The molecule has 2 N–H and O–H groups in total. The predicted octanol–water partition coefficient (Wildman–Crippen LogP) is 1.50. The van der Waals surface area contributed by atoms with Crippen LogP contribution in [-0.4, -0.2) is 47.9 Å². The Hall–Kier alpha value is -2.34. The standard InChI is InChI=1S/C19H27N5O/c1-16(14-24-10-5-9-22-24)20-13-19(25)21-12-17-8-11-23(15-17)18-6-3-2-4-7-18/h2-7,9-10,16-17,20H,8,11-15H2,1H3,(H,21,25)/t16-,17-/m1/s1. The van der Waals surface area contributed by atoms with Gasteiger partial charge in [0.05, 0.1) is 13.1 Å². The lowest BCUT2D eigenvalue weighted by atomic mass is 10.1. The summed E-state index contributed by atoms with van der Waals surface area (Å²) in [5.41, 5.74) is 1.27. The van der Waals surface area contributed by atoms with E-state index in [1.807, 2.05) is 23.0 Å². The Morgan fingerprint density at radius 3 is 2.92 bits per heavy atom. The lowest BCUT2D eigenvalue weighted by Crippen LogP contribution is -2.41. The molecule has 1 aromatic carbocycles. The molecule has 2 atom stereocenters. The quantitative estimate of drug-likeness (QED) is 0.764. The molecule has 0 saturated carbocycles. The SMILES string of the molecule is C[C@H](Cn1cccn1)NCC(=O)NC[C@H]1CCN(c2ccccc2)C1. The number of aromatic nitrogens is 2. The fourth-order valence-electron chi connectivity index (χ4n) is 3.21. The molecule has 0 unspecified atom stereocenters. The summed E-state index contributed by atoms with van der Waals surface area (Å²) in [5.74, 6) is 0.580. The van der Waals surface area contributed by atoms with Gasteiger partial charge in [0.1, 0.15) is 0 Å². The molecular weight excluding hydrogens is 314 g/mol. The van der Waals surface area contributed by atoms with E-state index < -0.39 is 0 Å². The van der Waals surface area contributed by atoms with Gasteiger partial charge in [0, 0.05) is 43.8 Å². The normalized spacial score (nSPS) is 18.3. The van der Waals surface area contributed by atoms with Crippen molar-refractivity contribution in [2.45, 2.75) is 25.9 Å². The summed E-state index contributed by atoms with van der Waals surface area (Å²) in [6.07, 6.45) is 4.81. The van der Waals surface area contributed by atoms with Crippen molar-refractivity contribution in [3.63, 3.8) is 0 Å². The molecule has 2 aromatic rings. The number of hydrogen-bond acceptors (Lipinski definition) is 4. The Balaban J connectivity index is 1.33. The maximum absolute atomic E-state index is 12.0. The molecule has 1 saturated heterocycles. The van der Waals surface area contributed by atoms with Gasteiger partial charge in [-0.1, -0.05) is 18.2 Å². The van der Waals surface area contributed by atoms with Crippen molar-refractivity contribution in [2.75, 3.05) is 31.1 Å². The summed E-state index contributed by atoms with van der Waals surface area (Å²) in [5, 5.41) is 10.5. The highest BCUT2D eigenvalue weighted by molar-refractivity contribution is 5.78. The van der Waals surface area contributed by atoms with E-state index in [0.29, 0.717) is 12.5 Å². The van der Waals surface area contributed by atoms with Crippen LogP contribution in [0.1, 0.15) is 13.3 Å². The summed E-state index contributed by atoms with van der Waals surface area (Å²) in [6, 6.07) is 12.6. The summed E-state index contributed by atoms with van der Waals surface area (Å²) < 4.78 is 1.87. The molecule has 0 radical (unpaired) electrons. The zero-order valence-electron chi connectivity index (χ0n) is 14.8. The van der Waals surface area contributed by atoms with E-state index in [-0.39, 0.29) is 11.9 Å². The number of amides is 1. The predicted molar refractivity (Wildman–Crippen MR) is 99.5 cm³/mol. The zero-order valence-corrected chi connectivity index (χ0v) is 14.8. The van der Waals surface area contributed by atoms with E-state index in [1.165, 1.54) is 5.69 Å². The third-order valence-corrected chi connectivity index (χ3v) is 4.63. The van der Waals surface area contributed by atoms with Crippen molar-refractivity contribution >= 4 is 11.6 Å². The molecule has 3 rings (SSSR count). The molecule has 0 aliphatic carbocycles. The maximum atomic E-state index is 12.0. The second kappa shape index (κ2) is 8.67. The van der Waals surface area contributed by atoms with Crippen LogP contribution in [0.15, 0.2) is 48.8 Å². The molecule has 1 fully saturated rings. The van der Waals surface area contributed by atoms with Crippen molar-refractivity contribution in [1.82, 2.24) is 20.4 Å². The molecule has 1 amide bonds. The fraction of sp³-hybridized carbons (Fsp3) is 0.474. The highest BCUT2D eigenvalue weighted by Crippen LogP contribution is 2.22. The van der Waals surface area contributed by atoms with Crippen LogP contribution in [0.5, 0.6) is 0 Å². The first-order chi connectivity index (χ1) is 12.2. The van der Waals surface area contributed by atoms with Gasteiger partial charge >= 0.3 is 0 Å². The average molecular weight is 341 g/mol. The number of para-hydroxylation sites is 1. The summed E-state index contributed by atoms with van der Waals surface area (Å²) >= 11 is 0. The second-order valence-electron chi connectivity index (χ2n) is 6.75.